The molecule has 0 saturated carbocycles. The largest absolute Gasteiger partial charge is 0.308 e. The van der Waals surface area contributed by atoms with Crippen LogP contribution in [0.15, 0.2) is 39.7 Å². The highest BCUT2D eigenvalue weighted by Gasteiger charge is 2.06. The molecule has 1 amide bonds. The number of benzene rings is 1. The van der Waals surface area contributed by atoms with Crippen LogP contribution in [-0.4, -0.2) is 21.9 Å². The van der Waals surface area contributed by atoms with Gasteiger partial charge in [0.05, 0.1) is 5.75 Å². The Morgan fingerprint density at radius 3 is 2.79 bits per heavy atom. The molecule has 0 radical (unpaired) electrons. The van der Waals surface area contributed by atoms with E-state index < -0.39 is 0 Å². The monoisotopic (exact) mass is 339 g/mol. The van der Waals surface area contributed by atoms with Crippen molar-refractivity contribution in [1.82, 2.24) is 10.2 Å². The van der Waals surface area contributed by atoms with E-state index >= 15 is 0 Å². The molecule has 2 rings (SSSR count). The van der Waals surface area contributed by atoms with Crippen molar-refractivity contribution in [2.75, 3.05) is 11.1 Å². The highest BCUT2D eigenvalue weighted by molar-refractivity contribution is 9.10. The van der Waals surface area contributed by atoms with Crippen LogP contribution >= 0.6 is 27.7 Å². The Morgan fingerprint density at radius 2 is 2.16 bits per heavy atom. The maximum Gasteiger partial charge on any atom is 0.235 e. The van der Waals surface area contributed by atoms with Crippen LogP contribution in [0.1, 0.15) is 12.6 Å². The summed E-state index contributed by atoms with van der Waals surface area (Å²) < 4.78 is 1.03. The van der Waals surface area contributed by atoms with Gasteiger partial charge in [-0.05, 0) is 30.7 Å². The molecule has 4 nitrogen and oxygen atoms in total. The number of carbonyl (C=O) groups is 1. The van der Waals surface area contributed by atoms with E-state index in [4.69, 9.17) is 0 Å². The number of H-pyrrole nitrogens is 1. The molecular formula is C13H14BrN3OS. The van der Waals surface area contributed by atoms with E-state index in [1.165, 1.54) is 11.8 Å². The fourth-order valence-electron chi connectivity index (χ4n) is 1.47. The number of hydrogen-bond acceptors (Lipinski definition) is 3. The summed E-state index contributed by atoms with van der Waals surface area (Å²) >= 11 is 4.88. The zero-order valence-electron chi connectivity index (χ0n) is 10.4. The number of aromatic nitrogens is 2. The minimum atomic E-state index is -0.0536. The Morgan fingerprint density at radius 1 is 1.42 bits per heavy atom. The zero-order chi connectivity index (χ0) is 13.7. The Balaban J connectivity index is 1.82. The fraction of sp³-hybridized carbons (Fsp3) is 0.231. The van der Waals surface area contributed by atoms with Crippen LogP contribution in [0.25, 0.3) is 0 Å². The number of hydrogen-bond donors (Lipinski definition) is 2. The molecule has 0 bridgehead atoms. The van der Waals surface area contributed by atoms with Crippen molar-refractivity contribution in [3.8, 4) is 0 Å². The third-order valence-corrected chi connectivity index (χ3v) is 4.00. The molecule has 0 atom stereocenters. The minimum absolute atomic E-state index is 0.0536. The molecule has 19 heavy (non-hydrogen) atoms. The predicted octanol–water partition coefficient (Wildman–Crippen LogP) is 3.47. The number of anilines is 1. The van der Waals surface area contributed by atoms with Crippen molar-refractivity contribution in [3.05, 3.63) is 40.5 Å². The molecule has 0 saturated heterocycles. The second-order valence-corrected chi connectivity index (χ2v) is 5.89. The third kappa shape index (κ3) is 4.40. The molecule has 1 aromatic carbocycles. The van der Waals surface area contributed by atoms with E-state index in [0.717, 1.165) is 21.5 Å². The molecule has 0 aliphatic heterocycles. The fourth-order valence-corrected chi connectivity index (χ4v) is 2.43. The third-order valence-electron chi connectivity index (χ3n) is 2.46. The summed E-state index contributed by atoms with van der Waals surface area (Å²) in [6, 6.07) is 9.72. The molecule has 2 N–H and O–H groups in total. The molecule has 0 unspecified atom stereocenters. The lowest BCUT2D eigenvalue weighted by Crippen LogP contribution is -2.14. The van der Waals surface area contributed by atoms with Crippen LogP contribution < -0.4 is 5.32 Å². The standard InChI is InChI=1S/C13H14BrN3OS/c1-2-10-7-12(17-16-10)15-13(18)8-19-11-5-3-9(14)4-6-11/h3-7H,2,8H2,1H3,(H2,15,16,17,18). The summed E-state index contributed by atoms with van der Waals surface area (Å²) in [7, 11) is 0. The molecule has 1 aromatic heterocycles. The number of thioether (sulfide) groups is 1. The molecule has 100 valence electrons. The minimum Gasteiger partial charge on any atom is -0.308 e. The Bertz CT molecular complexity index is 553. The average Bonchev–Trinajstić information content (AvgIpc) is 2.86. The van der Waals surface area contributed by atoms with Crippen LogP contribution in [0.5, 0.6) is 0 Å². The van der Waals surface area contributed by atoms with E-state index in [1.807, 2.05) is 37.3 Å². The van der Waals surface area contributed by atoms with Gasteiger partial charge < -0.3 is 5.32 Å². The Hall–Kier alpha value is -1.27. The summed E-state index contributed by atoms with van der Waals surface area (Å²) in [4.78, 5) is 12.8. The quantitative estimate of drug-likeness (QED) is 0.820. The first kappa shape index (κ1) is 14.1. The van der Waals surface area contributed by atoms with Crippen molar-refractivity contribution in [2.24, 2.45) is 0 Å². The summed E-state index contributed by atoms with van der Waals surface area (Å²) in [5.41, 5.74) is 1.01. The summed E-state index contributed by atoms with van der Waals surface area (Å²) in [5.74, 6) is 0.899. The van der Waals surface area contributed by atoms with E-state index in [2.05, 4.69) is 31.4 Å². The first-order chi connectivity index (χ1) is 9.17. The molecule has 1 heterocycles. The normalized spacial score (nSPS) is 10.4. The zero-order valence-corrected chi connectivity index (χ0v) is 12.8. The van der Waals surface area contributed by atoms with Crippen LogP contribution in [-0.2, 0) is 11.2 Å². The van der Waals surface area contributed by atoms with Gasteiger partial charge in [-0.2, -0.15) is 5.10 Å². The molecule has 2 aromatic rings. The summed E-state index contributed by atoms with van der Waals surface area (Å²) in [5, 5.41) is 9.65. The first-order valence-corrected chi connectivity index (χ1v) is 7.67. The van der Waals surface area contributed by atoms with Crippen molar-refractivity contribution in [2.45, 2.75) is 18.2 Å². The van der Waals surface area contributed by atoms with E-state index in [0.29, 0.717) is 11.6 Å². The van der Waals surface area contributed by atoms with Gasteiger partial charge in [0.2, 0.25) is 5.91 Å². The predicted molar refractivity (Wildman–Crippen MR) is 81.5 cm³/mol. The number of amides is 1. The van der Waals surface area contributed by atoms with Crippen LogP contribution in [0.2, 0.25) is 0 Å². The SMILES string of the molecule is CCc1cc(NC(=O)CSc2ccc(Br)cc2)n[nH]1. The van der Waals surface area contributed by atoms with Gasteiger partial charge in [0.1, 0.15) is 0 Å². The average molecular weight is 340 g/mol. The summed E-state index contributed by atoms with van der Waals surface area (Å²) in [6.45, 7) is 2.03. The topological polar surface area (TPSA) is 57.8 Å². The van der Waals surface area contributed by atoms with Crippen molar-refractivity contribution in [1.29, 1.82) is 0 Å². The van der Waals surface area contributed by atoms with Crippen molar-refractivity contribution >= 4 is 39.4 Å². The molecule has 0 fully saturated rings. The second kappa shape index (κ2) is 6.77. The molecule has 0 spiro atoms. The van der Waals surface area contributed by atoms with Gasteiger partial charge in [0.25, 0.3) is 0 Å². The van der Waals surface area contributed by atoms with Gasteiger partial charge in [-0.1, -0.05) is 22.9 Å². The number of aromatic amines is 1. The smallest absolute Gasteiger partial charge is 0.235 e. The van der Waals surface area contributed by atoms with Crippen molar-refractivity contribution in [3.63, 3.8) is 0 Å². The number of nitrogens with zero attached hydrogens (tertiary/aromatic N) is 1. The van der Waals surface area contributed by atoms with Gasteiger partial charge >= 0.3 is 0 Å². The number of rotatable bonds is 5. The number of halogens is 1. The van der Waals surface area contributed by atoms with E-state index in [-0.39, 0.29) is 5.91 Å². The van der Waals surface area contributed by atoms with Crippen LogP contribution in [0.3, 0.4) is 0 Å². The van der Waals surface area contributed by atoms with Crippen molar-refractivity contribution < 1.29 is 4.79 Å². The van der Waals surface area contributed by atoms with Crippen LogP contribution in [0.4, 0.5) is 5.82 Å². The maximum atomic E-state index is 11.8. The number of nitrogens with one attached hydrogen (secondary N) is 2. The van der Waals surface area contributed by atoms with Gasteiger partial charge in [0.15, 0.2) is 5.82 Å². The molecule has 0 aliphatic rings. The lowest BCUT2D eigenvalue weighted by atomic mass is 10.3. The Kier molecular flexibility index (Phi) is 5.04. The molecular weight excluding hydrogens is 326 g/mol. The molecule has 0 aliphatic carbocycles. The van der Waals surface area contributed by atoms with Gasteiger partial charge in [-0.3, -0.25) is 9.89 Å². The number of aryl methyl sites for hydroxylation is 1. The highest BCUT2D eigenvalue weighted by atomic mass is 79.9. The van der Waals surface area contributed by atoms with Gasteiger partial charge in [-0.15, -0.1) is 11.8 Å². The second-order valence-electron chi connectivity index (χ2n) is 3.92. The lowest BCUT2D eigenvalue weighted by molar-refractivity contribution is -0.113. The molecule has 6 heteroatoms. The van der Waals surface area contributed by atoms with Gasteiger partial charge in [0, 0.05) is 21.1 Å². The summed E-state index contributed by atoms with van der Waals surface area (Å²) in [6.07, 6.45) is 0.872. The number of carbonyl (C=O) groups excluding carboxylic acids is 1. The van der Waals surface area contributed by atoms with Crippen LogP contribution in [0, 0.1) is 0 Å². The van der Waals surface area contributed by atoms with E-state index in [1.54, 1.807) is 0 Å². The maximum absolute atomic E-state index is 11.8. The lowest BCUT2D eigenvalue weighted by Gasteiger charge is -2.02. The first-order valence-electron chi connectivity index (χ1n) is 5.90. The van der Waals surface area contributed by atoms with E-state index in [9.17, 15) is 4.79 Å². The Labute approximate surface area is 124 Å². The van der Waals surface area contributed by atoms with Gasteiger partial charge in [-0.25, -0.2) is 0 Å². The highest BCUT2D eigenvalue weighted by Crippen LogP contribution is 2.20.